The van der Waals surface area contributed by atoms with E-state index in [2.05, 4.69) is 5.32 Å². The summed E-state index contributed by atoms with van der Waals surface area (Å²) in [5, 5.41) is 20.7. The molecule has 0 fully saturated rings. The predicted molar refractivity (Wildman–Crippen MR) is 117 cm³/mol. The van der Waals surface area contributed by atoms with Gasteiger partial charge in [0.2, 0.25) is 0 Å². The van der Waals surface area contributed by atoms with E-state index < -0.39 is 36.1 Å². The fraction of sp³-hybridized carbons (Fsp3) is 0.217. The zero-order valence-corrected chi connectivity index (χ0v) is 17.9. The fourth-order valence-corrected chi connectivity index (χ4v) is 3.17. The molecule has 2 aromatic carbocycles. The molecule has 31 heavy (non-hydrogen) atoms. The Labute approximate surface area is 185 Å². The maximum absolute atomic E-state index is 12.7. The lowest BCUT2D eigenvalue weighted by atomic mass is 10.0. The first-order valence-corrected chi connectivity index (χ1v) is 9.83. The molecule has 162 valence electrons. The number of ether oxygens (including phenoxy) is 1. The Hall–Kier alpha value is -3.45. The SMILES string of the molecule is CC(=N)/C(C(C)=O)=C(/O)COC(=O)CC(NC(=O)c1ccccc1Cl)c1ccccc1. The third-order valence-electron chi connectivity index (χ3n) is 4.38. The Morgan fingerprint density at radius 2 is 1.68 bits per heavy atom. The number of esters is 1. The van der Waals surface area contributed by atoms with Crippen molar-refractivity contribution in [2.45, 2.75) is 26.3 Å². The van der Waals surface area contributed by atoms with Gasteiger partial charge in [-0.05, 0) is 31.5 Å². The number of amides is 1. The van der Waals surface area contributed by atoms with Crippen LogP contribution in [0.15, 0.2) is 65.9 Å². The fourth-order valence-electron chi connectivity index (χ4n) is 2.95. The van der Waals surface area contributed by atoms with Gasteiger partial charge in [0.15, 0.2) is 5.78 Å². The summed E-state index contributed by atoms with van der Waals surface area (Å²) in [5.74, 6) is -2.15. The molecule has 0 spiro atoms. The largest absolute Gasteiger partial charge is 0.508 e. The van der Waals surface area contributed by atoms with E-state index in [-0.39, 0.29) is 28.3 Å². The van der Waals surface area contributed by atoms with Gasteiger partial charge in [-0.2, -0.15) is 0 Å². The number of carbonyl (C=O) groups is 3. The van der Waals surface area contributed by atoms with Crippen LogP contribution in [0.5, 0.6) is 0 Å². The first kappa shape index (κ1) is 23.8. The number of Topliss-reactive ketones (excluding diaryl/α,β-unsaturated/α-hetero) is 1. The molecule has 8 heteroatoms. The van der Waals surface area contributed by atoms with Crippen LogP contribution in [-0.4, -0.2) is 35.1 Å². The van der Waals surface area contributed by atoms with E-state index in [1.165, 1.54) is 13.8 Å². The summed E-state index contributed by atoms with van der Waals surface area (Å²) >= 11 is 6.09. The highest BCUT2D eigenvalue weighted by Crippen LogP contribution is 2.21. The van der Waals surface area contributed by atoms with Crippen LogP contribution in [0.25, 0.3) is 0 Å². The van der Waals surface area contributed by atoms with Crippen LogP contribution in [0, 0.1) is 5.41 Å². The van der Waals surface area contributed by atoms with Crippen LogP contribution in [0.3, 0.4) is 0 Å². The molecule has 0 aromatic heterocycles. The van der Waals surface area contributed by atoms with Crippen molar-refractivity contribution in [1.29, 1.82) is 5.41 Å². The number of allylic oxidation sites excluding steroid dienone is 1. The molecule has 0 radical (unpaired) electrons. The molecule has 0 saturated heterocycles. The van der Waals surface area contributed by atoms with Gasteiger partial charge in [0.25, 0.3) is 5.91 Å². The van der Waals surface area contributed by atoms with E-state index in [1.54, 1.807) is 54.6 Å². The molecule has 0 aliphatic rings. The van der Waals surface area contributed by atoms with Crippen molar-refractivity contribution in [3.63, 3.8) is 0 Å². The highest BCUT2D eigenvalue weighted by Gasteiger charge is 2.22. The second kappa shape index (κ2) is 11.1. The third kappa shape index (κ3) is 6.79. The summed E-state index contributed by atoms with van der Waals surface area (Å²) in [5.41, 5.74) is 0.626. The number of aliphatic hydroxyl groups excluding tert-OH is 1. The Bertz CT molecular complexity index is 1000. The molecule has 2 aromatic rings. The summed E-state index contributed by atoms with van der Waals surface area (Å²) in [6.45, 7) is 2.01. The van der Waals surface area contributed by atoms with Gasteiger partial charge < -0.3 is 20.6 Å². The van der Waals surface area contributed by atoms with Crippen LogP contribution in [0.2, 0.25) is 5.02 Å². The number of carbonyl (C=O) groups excluding carboxylic acids is 3. The molecular weight excluding hydrogens is 420 g/mol. The number of halogens is 1. The van der Waals surface area contributed by atoms with Crippen LogP contribution in [0.1, 0.15) is 42.2 Å². The Morgan fingerprint density at radius 1 is 1.06 bits per heavy atom. The molecule has 2 rings (SSSR count). The van der Waals surface area contributed by atoms with Crippen molar-refractivity contribution in [1.82, 2.24) is 5.32 Å². The normalized spacial score (nSPS) is 12.4. The third-order valence-corrected chi connectivity index (χ3v) is 4.71. The quantitative estimate of drug-likeness (QED) is 0.233. The van der Waals surface area contributed by atoms with Crippen molar-refractivity contribution in [3.05, 3.63) is 82.1 Å². The average molecular weight is 443 g/mol. The number of hydrogen-bond donors (Lipinski definition) is 3. The second-order valence-electron chi connectivity index (χ2n) is 6.78. The Balaban J connectivity index is 2.15. The maximum Gasteiger partial charge on any atom is 0.308 e. The molecule has 1 amide bonds. The first-order valence-electron chi connectivity index (χ1n) is 9.45. The van der Waals surface area contributed by atoms with E-state index in [9.17, 15) is 19.5 Å². The number of aliphatic hydroxyl groups is 1. The van der Waals surface area contributed by atoms with Gasteiger partial charge in [-0.1, -0.05) is 54.1 Å². The minimum absolute atomic E-state index is 0.129. The Kier molecular flexibility index (Phi) is 8.52. The van der Waals surface area contributed by atoms with Crippen LogP contribution < -0.4 is 5.32 Å². The molecule has 7 nitrogen and oxygen atoms in total. The van der Waals surface area contributed by atoms with Gasteiger partial charge in [0.05, 0.1) is 28.6 Å². The second-order valence-corrected chi connectivity index (χ2v) is 7.19. The summed E-state index contributed by atoms with van der Waals surface area (Å²) in [6, 6.07) is 14.7. The minimum atomic E-state index is -0.708. The summed E-state index contributed by atoms with van der Waals surface area (Å²) < 4.78 is 5.08. The molecule has 1 unspecified atom stereocenters. The van der Waals surface area contributed by atoms with Crippen LogP contribution >= 0.6 is 11.6 Å². The Morgan fingerprint density at radius 3 is 2.26 bits per heavy atom. The number of rotatable bonds is 9. The number of ketones is 1. The van der Waals surface area contributed by atoms with Crippen LogP contribution in [-0.2, 0) is 14.3 Å². The minimum Gasteiger partial charge on any atom is -0.508 e. The highest BCUT2D eigenvalue weighted by atomic mass is 35.5. The lowest BCUT2D eigenvalue weighted by Gasteiger charge is -2.19. The molecule has 0 bridgehead atoms. The highest BCUT2D eigenvalue weighted by molar-refractivity contribution is 6.33. The van der Waals surface area contributed by atoms with E-state index in [4.69, 9.17) is 21.7 Å². The number of hydrogen-bond acceptors (Lipinski definition) is 6. The van der Waals surface area contributed by atoms with Gasteiger partial charge in [0.1, 0.15) is 12.4 Å². The van der Waals surface area contributed by atoms with Crippen molar-refractivity contribution in [2.75, 3.05) is 6.61 Å². The molecule has 3 N–H and O–H groups in total. The zero-order chi connectivity index (χ0) is 23.0. The maximum atomic E-state index is 12.7. The van der Waals surface area contributed by atoms with Gasteiger partial charge in [-0.3, -0.25) is 14.4 Å². The van der Waals surface area contributed by atoms with E-state index >= 15 is 0 Å². The summed E-state index contributed by atoms with van der Waals surface area (Å²) in [4.78, 5) is 36.6. The van der Waals surface area contributed by atoms with Gasteiger partial charge >= 0.3 is 5.97 Å². The molecular formula is C23H23ClN2O5. The van der Waals surface area contributed by atoms with Crippen molar-refractivity contribution in [2.24, 2.45) is 0 Å². The molecule has 1 atom stereocenters. The molecule has 0 saturated carbocycles. The van der Waals surface area contributed by atoms with E-state index in [1.807, 2.05) is 0 Å². The van der Waals surface area contributed by atoms with Gasteiger partial charge in [0, 0.05) is 5.71 Å². The van der Waals surface area contributed by atoms with Gasteiger partial charge in [-0.25, -0.2) is 0 Å². The van der Waals surface area contributed by atoms with Crippen molar-refractivity contribution < 1.29 is 24.2 Å². The lowest BCUT2D eigenvalue weighted by molar-refractivity contribution is -0.144. The lowest BCUT2D eigenvalue weighted by Crippen LogP contribution is -2.31. The van der Waals surface area contributed by atoms with Crippen molar-refractivity contribution in [3.8, 4) is 0 Å². The predicted octanol–water partition coefficient (Wildman–Crippen LogP) is 4.19. The number of benzene rings is 2. The summed E-state index contributed by atoms with van der Waals surface area (Å²) in [6.07, 6.45) is -0.216. The monoisotopic (exact) mass is 442 g/mol. The van der Waals surface area contributed by atoms with Crippen molar-refractivity contribution >= 4 is 35.0 Å². The smallest absolute Gasteiger partial charge is 0.308 e. The summed E-state index contributed by atoms with van der Waals surface area (Å²) in [7, 11) is 0. The topological polar surface area (TPSA) is 117 Å². The average Bonchev–Trinajstić information content (AvgIpc) is 2.72. The molecule has 0 heterocycles. The number of nitrogens with one attached hydrogen (secondary N) is 2. The first-order chi connectivity index (χ1) is 14.7. The zero-order valence-electron chi connectivity index (χ0n) is 17.1. The van der Waals surface area contributed by atoms with Gasteiger partial charge in [-0.15, -0.1) is 0 Å². The molecule has 0 aliphatic heterocycles. The van der Waals surface area contributed by atoms with E-state index in [0.29, 0.717) is 5.56 Å². The van der Waals surface area contributed by atoms with E-state index in [0.717, 1.165) is 0 Å². The van der Waals surface area contributed by atoms with Crippen LogP contribution in [0.4, 0.5) is 0 Å². The standard InChI is InChI=1S/C23H23ClN2O5/c1-14(25)22(15(2)27)20(28)13-31-21(29)12-19(16-8-4-3-5-9-16)26-23(30)17-10-6-7-11-18(17)24/h3-11,19,25,28H,12-13H2,1-2H3,(H,26,30)/b22-20-,25-14?. The molecule has 0 aliphatic carbocycles.